The van der Waals surface area contributed by atoms with Crippen LogP contribution in [0.15, 0.2) is 17.6 Å². The Bertz CT molecular complexity index is 246. The molecule has 14 heavy (non-hydrogen) atoms. The number of thioether (sulfide) groups is 1. The van der Waals surface area contributed by atoms with E-state index in [2.05, 4.69) is 16.9 Å². The van der Waals surface area contributed by atoms with Crippen LogP contribution in [0.4, 0.5) is 0 Å². The normalized spacial score (nSPS) is 10.4. The van der Waals surface area contributed by atoms with Crippen molar-refractivity contribution in [2.45, 2.75) is 44.2 Å². The van der Waals surface area contributed by atoms with Gasteiger partial charge in [-0.1, -0.05) is 37.9 Å². The van der Waals surface area contributed by atoms with E-state index >= 15 is 0 Å². The summed E-state index contributed by atoms with van der Waals surface area (Å²) in [6.45, 7) is 2.23. The molecule has 2 nitrogen and oxygen atoms in total. The average Bonchev–Trinajstić information content (AvgIpc) is 2.25. The van der Waals surface area contributed by atoms with Gasteiger partial charge in [-0.2, -0.15) is 0 Å². The third kappa shape index (κ3) is 4.09. The van der Waals surface area contributed by atoms with Crippen LogP contribution in [0.1, 0.15) is 38.2 Å². The molecule has 0 amide bonds. The summed E-state index contributed by atoms with van der Waals surface area (Å²) in [7, 11) is 0. The van der Waals surface area contributed by atoms with Gasteiger partial charge in [0.15, 0.2) is 5.16 Å². The minimum Gasteiger partial charge on any atom is -0.231 e. The lowest BCUT2D eigenvalue weighted by Crippen LogP contribution is -1.91. The lowest BCUT2D eigenvalue weighted by molar-refractivity contribution is 0.663. The molecule has 1 heterocycles. The Hall–Kier alpha value is -0.570. The van der Waals surface area contributed by atoms with Gasteiger partial charge < -0.3 is 0 Å². The van der Waals surface area contributed by atoms with Gasteiger partial charge in [0.25, 0.3) is 0 Å². The third-order valence-corrected chi connectivity index (χ3v) is 2.76. The monoisotopic (exact) mass is 210 g/mol. The molecule has 0 saturated carbocycles. The molecule has 1 aromatic heterocycles. The number of nitrogens with zero attached hydrogens (tertiary/aromatic N) is 2. The van der Waals surface area contributed by atoms with E-state index in [0.717, 1.165) is 11.6 Å². The number of hydrogen-bond donors (Lipinski definition) is 0. The fourth-order valence-electron chi connectivity index (χ4n) is 1.33. The lowest BCUT2D eigenvalue weighted by atomic mass is 10.1. The summed E-state index contributed by atoms with van der Waals surface area (Å²) < 4.78 is 0. The predicted molar refractivity (Wildman–Crippen MR) is 61.7 cm³/mol. The summed E-state index contributed by atoms with van der Waals surface area (Å²) in [5.74, 6) is 0. The molecule has 0 unspecified atom stereocenters. The van der Waals surface area contributed by atoms with Gasteiger partial charge in [0.1, 0.15) is 0 Å². The number of unbranched alkanes of at least 4 members (excludes halogenated alkanes) is 3. The van der Waals surface area contributed by atoms with Gasteiger partial charge in [0.05, 0.1) is 0 Å². The zero-order valence-electron chi connectivity index (χ0n) is 8.99. The number of aryl methyl sites for hydroxylation is 1. The van der Waals surface area contributed by atoms with E-state index in [9.17, 15) is 0 Å². The second kappa shape index (κ2) is 6.82. The topological polar surface area (TPSA) is 25.8 Å². The standard InChI is InChI=1S/C11H18N2S/c1-3-4-5-6-7-10-8-12-11(14-2)13-9-10/h8-9H,3-7H2,1-2H3. The largest absolute Gasteiger partial charge is 0.231 e. The third-order valence-electron chi connectivity index (χ3n) is 2.18. The highest BCUT2D eigenvalue weighted by Crippen LogP contribution is 2.09. The van der Waals surface area contributed by atoms with Crippen molar-refractivity contribution < 1.29 is 0 Å². The molecule has 3 heteroatoms. The van der Waals surface area contributed by atoms with Crippen molar-refractivity contribution >= 4 is 11.8 Å². The van der Waals surface area contributed by atoms with Crippen LogP contribution in [0, 0.1) is 0 Å². The van der Waals surface area contributed by atoms with Gasteiger partial charge in [-0.3, -0.25) is 0 Å². The van der Waals surface area contributed by atoms with E-state index in [1.807, 2.05) is 18.6 Å². The van der Waals surface area contributed by atoms with E-state index in [0.29, 0.717) is 0 Å². The molecule has 0 saturated heterocycles. The van der Waals surface area contributed by atoms with Crippen molar-refractivity contribution in [3.8, 4) is 0 Å². The summed E-state index contributed by atoms with van der Waals surface area (Å²) in [5.41, 5.74) is 1.26. The minimum absolute atomic E-state index is 0.863. The fraction of sp³-hybridized carbons (Fsp3) is 0.636. The van der Waals surface area contributed by atoms with E-state index in [4.69, 9.17) is 0 Å². The number of hydrogen-bond acceptors (Lipinski definition) is 3. The quantitative estimate of drug-likeness (QED) is 0.409. The zero-order valence-corrected chi connectivity index (χ0v) is 9.81. The molecule has 0 aromatic carbocycles. The summed E-state index contributed by atoms with van der Waals surface area (Å²) in [6, 6.07) is 0. The SMILES string of the molecule is CCCCCCc1cnc(SC)nc1. The first-order valence-electron chi connectivity index (χ1n) is 5.21. The van der Waals surface area contributed by atoms with E-state index in [-0.39, 0.29) is 0 Å². The summed E-state index contributed by atoms with van der Waals surface area (Å²) in [5, 5.41) is 0.863. The van der Waals surface area contributed by atoms with Crippen molar-refractivity contribution in [2.24, 2.45) is 0 Å². The average molecular weight is 210 g/mol. The molecule has 0 fully saturated rings. The van der Waals surface area contributed by atoms with Crippen molar-refractivity contribution in [2.75, 3.05) is 6.26 Å². The maximum absolute atomic E-state index is 4.25. The zero-order chi connectivity index (χ0) is 10.2. The molecule has 0 aliphatic heterocycles. The second-order valence-corrected chi connectivity index (χ2v) is 4.16. The molecule has 0 bridgehead atoms. The maximum atomic E-state index is 4.25. The van der Waals surface area contributed by atoms with Crippen LogP contribution >= 0.6 is 11.8 Å². The minimum atomic E-state index is 0.863. The Morgan fingerprint density at radius 3 is 2.43 bits per heavy atom. The van der Waals surface area contributed by atoms with Gasteiger partial charge in [-0.15, -0.1) is 0 Å². The van der Waals surface area contributed by atoms with Crippen LogP contribution in [0.5, 0.6) is 0 Å². The molecule has 0 spiro atoms. The van der Waals surface area contributed by atoms with Gasteiger partial charge in [-0.05, 0) is 24.7 Å². The Balaban J connectivity index is 2.29. The van der Waals surface area contributed by atoms with Gasteiger partial charge in [0, 0.05) is 12.4 Å². The highest BCUT2D eigenvalue weighted by atomic mass is 32.2. The summed E-state index contributed by atoms with van der Waals surface area (Å²) >= 11 is 1.59. The van der Waals surface area contributed by atoms with Gasteiger partial charge in [0.2, 0.25) is 0 Å². The second-order valence-electron chi connectivity index (χ2n) is 3.39. The van der Waals surface area contributed by atoms with Crippen LogP contribution in [0.25, 0.3) is 0 Å². The maximum Gasteiger partial charge on any atom is 0.187 e. The van der Waals surface area contributed by atoms with Crippen LogP contribution in [-0.4, -0.2) is 16.2 Å². The summed E-state index contributed by atoms with van der Waals surface area (Å²) in [6.07, 6.45) is 12.2. The van der Waals surface area contributed by atoms with Crippen LogP contribution in [-0.2, 0) is 6.42 Å². The highest BCUT2D eigenvalue weighted by molar-refractivity contribution is 7.98. The first kappa shape index (κ1) is 11.5. The van der Waals surface area contributed by atoms with Crippen LogP contribution in [0.3, 0.4) is 0 Å². The molecule has 0 aliphatic rings. The molecule has 0 N–H and O–H groups in total. The molecule has 0 aliphatic carbocycles. The van der Waals surface area contributed by atoms with Crippen LogP contribution in [0.2, 0.25) is 0 Å². The first-order chi connectivity index (χ1) is 6.86. The molecule has 78 valence electrons. The Morgan fingerprint density at radius 1 is 1.14 bits per heavy atom. The number of aromatic nitrogens is 2. The molecular formula is C11H18N2S. The van der Waals surface area contributed by atoms with E-state index in [1.54, 1.807) is 11.8 Å². The first-order valence-corrected chi connectivity index (χ1v) is 6.44. The fourth-order valence-corrected chi connectivity index (χ4v) is 1.65. The smallest absolute Gasteiger partial charge is 0.187 e. The van der Waals surface area contributed by atoms with E-state index < -0.39 is 0 Å². The Kier molecular flexibility index (Phi) is 5.60. The molecule has 0 atom stereocenters. The van der Waals surface area contributed by atoms with E-state index in [1.165, 1.54) is 31.2 Å². The van der Waals surface area contributed by atoms with Gasteiger partial charge in [-0.25, -0.2) is 9.97 Å². The molecule has 1 aromatic rings. The Morgan fingerprint density at radius 2 is 1.86 bits per heavy atom. The van der Waals surface area contributed by atoms with Crippen molar-refractivity contribution in [3.63, 3.8) is 0 Å². The molecule has 0 radical (unpaired) electrons. The van der Waals surface area contributed by atoms with Crippen molar-refractivity contribution in [1.82, 2.24) is 9.97 Å². The number of rotatable bonds is 6. The highest BCUT2D eigenvalue weighted by Gasteiger charge is 1.96. The van der Waals surface area contributed by atoms with Crippen molar-refractivity contribution in [1.29, 1.82) is 0 Å². The molecule has 1 rings (SSSR count). The lowest BCUT2D eigenvalue weighted by Gasteiger charge is -2.00. The van der Waals surface area contributed by atoms with Gasteiger partial charge >= 0.3 is 0 Å². The summed E-state index contributed by atoms with van der Waals surface area (Å²) in [4.78, 5) is 8.50. The van der Waals surface area contributed by atoms with Crippen molar-refractivity contribution in [3.05, 3.63) is 18.0 Å². The molecular weight excluding hydrogens is 192 g/mol. The predicted octanol–water partition coefficient (Wildman–Crippen LogP) is 3.32. The Labute approximate surface area is 90.5 Å². The van der Waals surface area contributed by atoms with Crippen LogP contribution < -0.4 is 0 Å².